The van der Waals surface area contributed by atoms with Crippen LogP contribution in [0.4, 0.5) is 5.95 Å². The van der Waals surface area contributed by atoms with E-state index in [1.807, 2.05) is 0 Å². The van der Waals surface area contributed by atoms with Crippen LogP contribution < -0.4 is 14.8 Å². The Morgan fingerprint density at radius 1 is 1.07 bits per heavy atom. The van der Waals surface area contributed by atoms with Crippen molar-refractivity contribution in [2.45, 2.75) is 19.8 Å². The molecule has 0 radical (unpaired) electrons. The Balaban J connectivity index is 2.68. The number of unbranched alkanes of at least 4 members (excludes halogenated alkanes) is 1. The van der Waals surface area contributed by atoms with Crippen molar-refractivity contribution in [1.82, 2.24) is 15.0 Å². The predicted octanol–water partition coefficient (Wildman–Crippen LogP) is 1.10. The van der Waals surface area contributed by atoms with E-state index in [9.17, 15) is 0 Å². The number of methoxy groups -OCH3 is 2. The van der Waals surface area contributed by atoms with E-state index >= 15 is 0 Å². The van der Waals surface area contributed by atoms with Crippen LogP contribution in [0.3, 0.4) is 0 Å². The molecule has 0 atom stereocenters. The summed E-state index contributed by atoms with van der Waals surface area (Å²) >= 11 is 0. The lowest BCUT2D eigenvalue weighted by Crippen LogP contribution is -2.08. The number of ether oxygens (including phenoxy) is 2. The summed E-state index contributed by atoms with van der Waals surface area (Å²) in [5, 5.41) is 3.07. The summed E-state index contributed by atoms with van der Waals surface area (Å²) in [4.78, 5) is 12.0. The fourth-order valence-electron chi connectivity index (χ4n) is 0.977. The standard InChI is InChI=1S/C9H16N4O2/c1-4-5-6-10-7-11-8(14-2)13-9(12-7)15-3/h4-6H2,1-3H3,(H,10,11,12,13). The van der Waals surface area contributed by atoms with Crippen molar-refractivity contribution in [2.75, 3.05) is 26.1 Å². The van der Waals surface area contributed by atoms with E-state index in [2.05, 4.69) is 27.2 Å². The lowest BCUT2D eigenvalue weighted by Gasteiger charge is -2.06. The molecule has 0 aromatic carbocycles. The number of aromatic nitrogens is 3. The highest BCUT2D eigenvalue weighted by Gasteiger charge is 2.05. The van der Waals surface area contributed by atoms with Crippen molar-refractivity contribution in [3.63, 3.8) is 0 Å². The first-order valence-corrected chi connectivity index (χ1v) is 4.88. The van der Waals surface area contributed by atoms with Crippen LogP contribution in [0.25, 0.3) is 0 Å². The van der Waals surface area contributed by atoms with Crippen LogP contribution >= 0.6 is 0 Å². The predicted molar refractivity (Wildman–Crippen MR) is 56.3 cm³/mol. The second-order valence-electron chi connectivity index (χ2n) is 2.91. The minimum absolute atomic E-state index is 0.251. The van der Waals surface area contributed by atoms with E-state index in [0.717, 1.165) is 19.4 Å². The average Bonchev–Trinajstić information content (AvgIpc) is 2.29. The van der Waals surface area contributed by atoms with Gasteiger partial charge in [-0.05, 0) is 6.42 Å². The first-order chi connectivity index (χ1) is 7.30. The molecule has 0 aliphatic rings. The highest BCUT2D eigenvalue weighted by Crippen LogP contribution is 2.11. The van der Waals surface area contributed by atoms with Crippen molar-refractivity contribution < 1.29 is 9.47 Å². The lowest BCUT2D eigenvalue weighted by atomic mass is 10.3. The normalized spacial score (nSPS) is 9.80. The van der Waals surface area contributed by atoms with Crippen molar-refractivity contribution in [3.8, 4) is 12.0 Å². The van der Waals surface area contributed by atoms with Crippen LogP contribution in [-0.2, 0) is 0 Å². The molecule has 0 saturated heterocycles. The molecule has 6 heteroatoms. The summed E-state index contributed by atoms with van der Waals surface area (Å²) < 4.78 is 9.84. The van der Waals surface area contributed by atoms with Gasteiger partial charge >= 0.3 is 12.0 Å². The maximum atomic E-state index is 4.92. The molecule has 0 aliphatic carbocycles. The van der Waals surface area contributed by atoms with E-state index in [0.29, 0.717) is 5.95 Å². The van der Waals surface area contributed by atoms with Gasteiger partial charge in [0.15, 0.2) is 0 Å². The molecule has 84 valence electrons. The van der Waals surface area contributed by atoms with Crippen LogP contribution in [-0.4, -0.2) is 35.7 Å². The third-order valence-electron chi connectivity index (χ3n) is 1.77. The van der Waals surface area contributed by atoms with Gasteiger partial charge in [-0.3, -0.25) is 0 Å². The summed E-state index contributed by atoms with van der Waals surface area (Å²) in [5.41, 5.74) is 0. The molecule has 0 aliphatic heterocycles. The number of nitrogens with zero attached hydrogens (tertiary/aromatic N) is 3. The van der Waals surface area contributed by atoms with Crippen LogP contribution in [0.15, 0.2) is 0 Å². The molecule has 1 N–H and O–H groups in total. The van der Waals surface area contributed by atoms with Gasteiger partial charge in [-0.1, -0.05) is 13.3 Å². The SMILES string of the molecule is CCCCNc1nc(OC)nc(OC)n1. The Hall–Kier alpha value is -1.59. The number of hydrogen-bond acceptors (Lipinski definition) is 6. The summed E-state index contributed by atoms with van der Waals surface area (Å²) in [7, 11) is 3.01. The smallest absolute Gasteiger partial charge is 0.324 e. The van der Waals surface area contributed by atoms with Crippen molar-refractivity contribution in [2.24, 2.45) is 0 Å². The summed E-state index contributed by atoms with van der Waals surface area (Å²) in [5.74, 6) is 0.479. The van der Waals surface area contributed by atoms with Gasteiger partial charge in [0.05, 0.1) is 14.2 Å². The zero-order valence-electron chi connectivity index (χ0n) is 9.28. The van der Waals surface area contributed by atoms with Crippen LogP contribution in [0.1, 0.15) is 19.8 Å². The van der Waals surface area contributed by atoms with Crippen molar-refractivity contribution in [1.29, 1.82) is 0 Å². The Bertz CT molecular complexity index is 284. The summed E-state index contributed by atoms with van der Waals surface area (Å²) in [6.07, 6.45) is 2.18. The minimum Gasteiger partial charge on any atom is -0.467 e. The quantitative estimate of drug-likeness (QED) is 0.712. The van der Waals surface area contributed by atoms with Gasteiger partial charge in [0.25, 0.3) is 0 Å². The van der Waals surface area contributed by atoms with Crippen LogP contribution in [0, 0.1) is 0 Å². The van der Waals surface area contributed by atoms with Gasteiger partial charge in [-0.15, -0.1) is 4.98 Å². The van der Waals surface area contributed by atoms with Gasteiger partial charge < -0.3 is 14.8 Å². The maximum Gasteiger partial charge on any atom is 0.324 e. The molecule has 0 spiro atoms. The van der Waals surface area contributed by atoms with Crippen molar-refractivity contribution >= 4 is 5.95 Å². The summed E-state index contributed by atoms with van der Waals surface area (Å²) in [6.45, 7) is 2.95. The molecular weight excluding hydrogens is 196 g/mol. The molecule has 0 bridgehead atoms. The molecule has 0 fully saturated rings. The first-order valence-electron chi connectivity index (χ1n) is 4.88. The number of anilines is 1. The average molecular weight is 212 g/mol. The highest BCUT2D eigenvalue weighted by molar-refractivity contribution is 5.27. The summed E-state index contributed by atoms with van der Waals surface area (Å²) in [6, 6.07) is 0.502. The Kier molecular flexibility index (Phi) is 4.59. The molecule has 0 amide bonds. The molecule has 1 heterocycles. The molecule has 15 heavy (non-hydrogen) atoms. The van der Waals surface area contributed by atoms with Gasteiger partial charge in [-0.25, -0.2) is 0 Å². The molecular formula is C9H16N4O2. The van der Waals surface area contributed by atoms with Crippen LogP contribution in [0.5, 0.6) is 12.0 Å². The number of rotatable bonds is 6. The zero-order chi connectivity index (χ0) is 11.1. The number of hydrogen-bond donors (Lipinski definition) is 1. The highest BCUT2D eigenvalue weighted by atomic mass is 16.5. The first kappa shape index (κ1) is 11.5. The van der Waals surface area contributed by atoms with Gasteiger partial charge in [0.1, 0.15) is 0 Å². The number of nitrogens with one attached hydrogen (secondary N) is 1. The molecule has 1 aromatic rings. The zero-order valence-corrected chi connectivity index (χ0v) is 9.28. The van der Waals surface area contributed by atoms with E-state index in [-0.39, 0.29) is 12.0 Å². The molecule has 6 nitrogen and oxygen atoms in total. The van der Waals surface area contributed by atoms with E-state index < -0.39 is 0 Å². The third kappa shape index (κ3) is 3.57. The second kappa shape index (κ2) is 6.00. The topological polar surface area (TPSA) is 69.2 Å². The van der Waals surface area contributed by atoms with Gasteiger partial charge in [0, 0.05) is 6.54 Å². The Morgan fingerprint density at radius 2 is 1.67 bits per heavy atom. The van der Waals surface area contributed by atoms with Crippen molar-refractivity contribution in [3.05, 3.63) is 0 Å². The van der Waals surface area contributed by atoms with Crippen LogP contribution in [0.2, 0.25) is 0 Å². The van der Waals surface area contributed by atoms with Gasteiger partial charge in [0.2, 0.25) is 5.95 Å². The molecule has 0 unspecified atom stereocenters. The molecule has 0 saturated carbocycles. The fraction of sp³-hybridized carbons (Fsp3) is 0.667. The Morgan fingerprint density at radius 3 is 2.13 bits per heavy atom. The second-order valence-corrected chi connectivity index (χ2v) is 2.91. The minimum atomic E-state index is 0.251. The fourth-order valence-corrected chi connectivity index (χ4v) is 0.977. The van der Waals surface area contributed by atoms with E-state index in [4.69, 9.17) is 9.47 Å². The van der Waals surface area contributed by atoms with E-state index in [1.165, 1.54) is 14.2 Å². The Labute approximate surface area is 89.1 Å². The molecule has 1 rings (SSSR count). The largest absolute Gasteiger partial charge is 0.467 e. The monoisotopic (exact) mass is 212 g/mol. The lowest BCUT2D eigenvalue weighted by molar-refractivity contribution is 0.341. The van der Waals surface area contributed by atoms with Gasteiger partial charge in [-0.2, -0.15) is 9.97 Å². The third-order valence-corrected chi connectivity index (χ3v) is 1.77. The van der Waals surface area contributed by atoms with E-state index in [1.54, 1.807) is 0 Å². The molecule has 1 aromatic heterocycles. The maximum absolute atomic E-state index is 4.92.